The zero-order valence-electron chi connectivity index (χ0n) is 9.35. The molecule has 0 atom stereocenters. The van der Waals surface area contributed by atoms with E-state index in [0.29, 0.717) is 0 Å². The molecular formula is C9H14BNO5. The number of aromatic nitrogens is 1. The van der Waals surface area contributed by atoms with Crippen molar-refractivity contribution >= 4 is 13.3 Å². The summed E-state index contributed by atoms with van der Waals surface area (Å²) in [6.45, 7) is 5.21. The molecule has 6 nitrogen and oxygen atoms in total. The Kier molecular flexibility index (Phi) is 3.61. The number of hydrogen-bond donors (Lipinski definition) is 3. The molecule has 0 saturated heterocycles. The van der Waals surface area contributed by atoms with Crippen molar-refractivity contribution in [1.29, 1.82) is 0 Å². The second-order valence-electron chi connectivity index (χ2n) is 4.17. The molecule has 1 heterocycles. The summed E-state index contributed by atoms with van der Waals surface area (Å²) in [6, 6.07) is 1.44. The Bertz CT molecular complexity index is 368. The van der Waals surface area contributed by atoms with Crippen molar-refractivity contribution in [1.82, 2.24) is 4.98 Å². The van der Waals surface area contributed by atoms with E-state index in [2.05, 4.69) is 9.64 Å². The van der Waals surface area contributed by atoms with E-state index in [1.165, 1.54) is 12.3 Å². The van der Waals surface area contributed by atoms with Crippen LogP contribution in [0.1, 0.15) is 31.1 Å². The lowest BCUT2D eigenvalue weighted by molar-refractivity contribution is 0.00676. The van der Waals surface area contributed by atoms with Gasteiger partial charge in [0.15, 0.2) is 5.88 Å². The van der Waals surface area contributed by atoms with Crippen molar-refractivity contribution in [3.63, 3.8) is 0 Å². The third kappa shape index (κ3) is 3.60. The molecule has 7 heteroatoms. The van der Waals surface area contributed by atoms with Crippen LogP contribution in [0.5, 0.6) is 5.88 Å². The predicted octanol–water partition coefficient (Wildman–Crippen LogP) is 0.318. The molecular weight excluding hydrogens is 213 g/mol. The van der Waals surface area contributed by atoms with Gasteiger partial charge in [0.1, 0.15) is 11.2 Å². The van der Waals surface area contributed by atoms with Gasteiger partial charge in [0, 0.05) is 6.20 Å². The predicted molar refractivity (Wildman–Crippen MR) is 56.8 cm³/mol. The van der Waals surface area contributed by atoms with Gasteiger partial charge in [0.25, 0.3) is 0 Å². The molecule has 0 fully saturated rings. The van der Waals surface area contributed by atoms with E-state index in [0.717, 1.165) is 0 Å². The first-order valence-corrected chi connectivity index (χ1v) is 4.73. The van der Waals surface area contributed by atoms with Gasteiger partial charge in [-0.15, -0.1) is 0 Å². The highest BCUT2D eigenvalue weighted by molar-refractivity contribution is 6.33. The molecule has 88 valence electrons. The lowest BCUT2D eigenvalue weighted by Gasteiger charge is -2.19. The Hall–Kier alpha value is -1.47. The average molecular weight is 227 g/mol. The number of carbonyl (C=O) groups is 1. The van der Waals surface area contributed by atoms with Gasteiger partial charge < -0.3 is 24.4 Å². The van der Waals surface area contributed by atoms with Gasteiger partial charge in [-0.3, -0.25) is 0 Å². The molecule has 0 aliphatic rings. The van der Waals surface area contributed by atoms with Crippen molar-refractivity contribution in [2.24, 2.45) is 0 Å². The van der Waals surface area contributed by atoms with Gasteiger partial charge in [-0.25, -0.2) is 4.79 Å². The quantitative estimate of drug-likeness (QED) is 0.510. The Balaban J connectivity index is 2.80. The maximum atomic E-state index is 11.6. The molecule has 1 rings (SSSR count). The largest absolute Gasteiger partial charge is 0.708 e. The summed E-state index contributed by atoms with van der Waals surface area (Å²) in [5, 5.41) is 17.2. The van der Waals surface area contributed by atoms with E-state index in [4.69, 9.17) is 14.8 Å². The minimum atomic E-state index is -1.99. The fourth-order valence-corrected chi connectivity index (χ4v) is 1.05. The molecule has 0 radical (unpaired) electrons. The van der Waals surface area contributed by atoms with Crippen molar-refractivity contribution in [2.75, 3.05) is 0 Å². The van der Waals surface area contributed by atoms with E-state index in [1.807, 2.05) is 0 Å². The molecule has 0 aromatic carbocycles. The molecule has 16 heavy (non-hydrogen) atoms. The third-order valence-corrected chi connectivity index (χ3v) is 1.55. The minimum absolute atomic E-state index is 0.0377. The Labute approximate surface area is 93.4 Å². The van der Waals surface area contributed by atoms with Gasteiger partial charge in [-0.05, 0) is 26.8 Å². The summed E-state index contributed by atoms with van der Waals surface area (Å²) in [4.78, 5) is 14.2. The SMILES string of the molecule is CC(C)(C)OC(=O)c1cc[nH]c1OB(O)O. The second-order valence-corrected chi connectivity index (χ2v) is 4.17. The first kappa shape index (κ1) is 12.6. The summed E-state index contributed by atoms with van der Waals surface area (Å²) in [6.07, 6.45) is 1.44. The van der Waals surface area contributed by atoms with Crippen LogP contribution in [0.3, 0.4) is 0 Å². The zero-order chi connectivity index (χ0) is 12.3. The van der Waals surface area contributed by atoms with Crippen molar-refractivity contribution in [3.05, 3.63) is 17.8 Å². The van der Waals surface area contributed by atoms with Crippen LogP contribution in [0.25, 0.3) is 0 Å². The highest BCUT2D eigenvalue weighted by Gasteiger charge is 2.24. The number of esters is 1. The van der Waals surface area contributed by atoms with Crippen LogP contribution in [0.4, 0.5) is 0 Å². The van der Waals surface area contributed by atoms with Crippen LogP contribution in [-0.4, -0.2) is 33.9 Å². The number of rotatable bonds is 3. The number of hydrogen-bond acceptors (Lipinski definition) is 5. The Morgan fingerprint density at radius 1 is 1.44 bits per heavy atom. The summed E-state index contributed by atoms with van der Waals surface area (Å²) in [7, 11) is -1.99. The summed E-state index contributed by atoms with van der Waals surface area (Å²) in [5.41, 5.74) is -0.508. The van der Waals surface area contributed by atoms with Crippen molar-refractivity contribution < 1.29 is 24.2 Å². The van der Waals surface area contributed by atoms with Crippen LogP contribution in [-0.2, 0) is 4.74 Å². The number of aromatic amines is 1. The van der Waals surface area contributed by atoms with E-state index >= 15 is 0 Å². The maximum absolute atomic E-state index is 11.6. The Morgan fingerprint density at radius 3 is 2.56 bits per heavy atom. The third-order valence-electron chi connectivity index (χ3n) is 1.55. The molecule has 0 unspecified atom stereocenters. The lowest BCUT2D eigenvalue weighted by atomic mass is 10.2. The summed E-state index contributed by atoms with van der Waals surface area (Å²) < 4.78 is 9.68. The number of carbonyl (C=O) groups excluding carboxylic acids is 1. The smallest absolute Gasteiger partial charge is 0.498 e. The maximum Gasteiger partial charge on any atom is 0.708 e. The van der Waals surface area contributed by atoms with E-state index in [1.54, 1.807) is 20.8 Å². The molecule has 0 aliphatic carbocycles. The van der Waals surface area contributed by atoms with Crippen LogP contribution >= 0.6 is 0 Å². The van der Waals surface area contributed by atoms with Crippen LogP contribution in [0.2, 0.25) is 0 Å². The standard InChI is InChI=1S/C9H14BNO5/c1-9(2,3)15-8(12)6-4-5-11-7(6)16-10(13)14/h4-5,11,13-14H,1-3H3. The van der Waals surface area contributed by atoms with Crippen LogP contribution in [0.15, 0.2) is 12.3 Å². The first-order valence-electron chi connectivity index (χ1n) is 4.73. The fraction of sp³-hybridized carbons (Fsp3) is 0.444. The average Bonchev–Trinajstić information content (AvgIpc) is 2.47. The highest BCUT2D eigenvalue weighted by Crippen LogP contribution is 2.20. The van der Waals surface area contributed by atoms with Gasteiger partial charge in [0.05, 0.1) is 0 Å². The van der Waals surface area contributed by atoms with E-state index < -0.39 is 18.9 Å². The first-order chi connectivity index (χ1) is 7.29. The van der Waals surface area contributed by atoms with Gasteiger partial charge in [-0.1, -0.05) is 0 Å². The normalized spacial score (nSPS) is 11.1. The summed E-state index contributed by atoms with van der Waals surface area (Å²) in [5.74, 6) is -0.631. The topological polar surface area (TPSA) is 91.8 Å². The van der Waals surface area contributed by atoms with Crippen molar-refractivity contribution in [2.45, 2.75) is 26.4 Å². The van der Waals surface area contributed by atoms with Gasteiger partial charge >= 0.3 is 13.3 Å². The monoisotopic (exact) mass is 227 g/mol. The lowest BCUT2D eigenvalue weighted by Crippen LogP contribution is -2.25. The minimum Gasteiger partial charge on any atom is -0.498 e. The van der Waals surface area contributed by atoms with Gasteiger partial charge in [0.2, 0.25) is 0 Å². The van der Waals surface area contributed by atoms with Crippen LogP contribution in [0, 0.1) is 0 Å². The molecule has 3 N–H and O–H groups in total. The molecule has 0 aliphatic heterocycles. The summed E-state index contributed by atoms with van der Waals surface area (Å²) >= 11 is 0. The number of H-pyrrole nitrogens is 1. The fourth-order valence-electron chi connectivity index (χ4n) is 1.05. The highest BCUT2D eigenvalue weighted by atomic mass is 16.6. The zero-order valence-corrected chi connectivity index (χ0v) is 9.35. The molecule has 0 spiro atoms. The van der Waals surface area contributed by atoms with Crippen molar-refractivity contribution in [3.8, 4) is 5.88 Å². The van der Waals surface area contributed by atoms with E-state index in [-0.39, 0.29) is 11.4 Å². The molecule has 0 bridgehead atoms. The number of nitrogens with one attached hydrogen (secondary N) is 1. The molecule has 1 aromatic heterocycles. The number of ether oxygens (including phenoxy) is 1. The van der Waals surface area contributed by atoms with Gasteiger partial charge in [-0.2, -0.15) is 0 Å². The molecule has 0 saturated carbocycles. The Morgan fingerprint density at radius 2 is 2.06 bits per heavy atom. The van der Waals surface area contributed by atoms with E-state index in [9.17, 15) is 4.79 Å². The molecule has 1 aromatic rings. The second kappa shape index (κ2) is 4.59. The molecule has 0 amide bonds. The van der Waals surface area contributed by atoms with Crippen LogP contribution < -0.4 is 4.65 Å².